The number of aryl methyl sites for hydroxylation is 1. The number of rotatable bonds is 2. The van der Waals surface area contributed by atoms with Gasteiger partial charge in [-0.1, -0.05) is 29.3 Å². The summed E-state index contributed by atoms with van der Waals surface area (Å²) in [6.07, 6.45) is 1.87. The van der Waals surface area contributed by atoms with E-state index < -0.39 is 0 Å². The lowest BCUT2D eigenvalue weighted by Gasteiger charge is -2.06. The molecule has 2 aromatic rings. The summed E-state index contributed by atoms with van der Waals surface area (Å²) in [6.45, 7) is 2.43. The Labute approximate surface area is 104 Å². The number of benzene rings is 1. The minimum Gasteiger partial charge on any atom is -0.382 e. The van der Waals surface area contributed by atoms with Crippen LogP contribution in [0.2, 0.25) is 10.0 Å². The van der Waals surface area contributed by atoms with E-state index in [4.69, 9.17) is 28.9 Å². The highest BCUT2D eigenvalue weighted by Crippen LogP contribution is 2.25. The first-order chi connectivity index (χ1) is 7.58. The molecule has 0 spiro atoms. The van der Waals surface area contributed by atoms with Gasteiger partial charge >= 0.3 is 0 Å². The number of halogens is 2. The Morgan fingerprint density at radius 3 is 2.44 bits per heavy atom. The lowest BCUT2D eigenvalue weighted by Crippen LogP contribution is -2.02. The van der Waals surface area contributed by atoms with Gasteiger partial charge in [-0.05, 0) is 19.1 Å². The van der Waals surface area contributed by atoms with E-state index in [2.05, 4.69) is 5.10 Å². The third-order valence-corrected chi connectivity index (χ3v) is 3.07. The van der Waals surface area contributed by atoms with Crippen LogP contribution in [0.3, 0.4) is 0 Å². The lowest BCUT2D eigenvalue weighted by atomic mass is 10.2. The van der Waals surface area contributed by atoms with Gasteiger partial charge in [0.25, 0.3) is 0 Å². The average Bonchev–Trinajstić information content (AvgIpc) is 2.53. The van der Waals surface area contributed by atoms with Crippen molar-refractivity contribution in [3.63, 3.8) is 0 Å². The van der Waals surface area contributed by atoms with E-state index in [-0.39, 0.29) is 0 Å². The molecule has 0 bridgehead atoms. The van der Waals surface area contributed by atoms with Crippen LogP contribution in [0.15, 0.2) is 24.4 Å². The second-order valence-corrected chi connectivity index (χ2v) is 4.41. The van der Waals surface area contributed by atoms with Crippen molar-refractivity contribution in [3.05, 3.63) is 45.6 Å². The predicted octanol–water partition coefficient (Wildman–Crippen LogP) is 3.13. The standard InChI is InChI=1S/C11H11Cl2N3/c1-7-5-16(15-11(7)14)6-8-9(12)3-2-4-10(8)13/h2-5H,6H2,1H3,(H2,14,15). The molecule has 0 aliphatic rings. The van der Waals surface area contributed by atoms with E-state index in [1.165, 1.54) is 0 Å². The third-order valence-electron chi connectivity index (χ3n) is 2.36. The van der Waals surface area contributed by atoms with E-state index >= 15 is 0 Å². The maximum atomic E-state index is 6.07. The first-order valence-electron chi connectivity index (χ1n) is 4.80. The molecule has 0 saturated carbocycles. The van der Waals surface area contributed by atoms with Crippen LogP contribution in [0.1, 0.15) is 11.1 Å². The van der Waals surface area contributed by atoms with Gasteiger partial charge in [-0.15, -0.1) is 0 Å². The maximum Gasteiger partial charge on any atom is 0.148 e. The second kappa shape index (κ2) is 4.36. The highest BCUT2D eigenvalue weighted by molar-refractivity contribution is 6.35. The molecule has 2 rings (SSSR count). The van der Waals surface area contributed by atoms with Gasteiger partial charge in [-0.25, -0.2) is 0 Å². The number of anilines is 1. The Morgan fingerprint density at radius 2 is 1.94 bits per heavy atom. The minimum absolute atomic E-state index is 0.524. The SMILES string of the molecule is Cc1cn(Cc2c(Cl)cccc2Cl)nc1N. The molecule has 5 heteroatoms. The van der Waals surface area contributed by atoms with E-state index in [1.54, 1.807) is 4.68 Å². The average molecular weight is 256 g/mol. The summed E-state index contributed by atoms with van der Waals surface area (Å²) in [6, 6.07) is 5.43. The zero-order valence-electron chi connectivity index (χ0n) is 8.74. The van der Waals surface area contributed by atoms with Crippen LogP contribution in [-0.2, 0) is 6.54 Å². The van der Waals surface area contributed by atoms with Gasteiger partial charge in [0.1, 0.15) is 5.82 Å². The number of nitrogens with zero attached hydrogens (tertiary/aromatic N) is 2. The Balaban J connectivity index is 2.33. The molecule has 84 valence electrons. The Bertz CT molecular complexity index is 480. The van der Waals surface area contributed by atoms with E-state index in [9.17, 15) is 0 Å². The molecule has 0 atom stereocenters. The van der Waals surface area contributed by atoms with Crippen molar-refractivity contribution in [3.8, 4) is 0 Å². The molecule has 0 aliphatic heterocycles. The number of hydrogen-bond acceptors (Lipinski definition) is 2. The summed E-state index contributed by atoms with van der Waals surface area (Å²) < 4.78 is 1.73. The van der Waals surface area contributed by atoms with Crippen LogP contribution in [0.5, 0.6) is 0 Å². The van der Waals surface area contributed by atoms with Crippen molar-refractivity contribution in [2.75, 3.05) is 5.73 Å². The lowest BCUT2D eigenvalue weighted by molar-refractivity contribution is 0.690. The molecule has 0 saturated heterocycles. The molecule has 16 heavy (non-hydrogen) atoms. The fourth-order valence-electron chi connectivity index (χ4n) is 1.46. The normalized spacial score (nSPS) is 10.7. The largest absolute Gasteiger partial charge is 0.382 e. The van der Waals surface area contributed by atoms with Gasteiger partial charge in [-0.3, -0.25) is 4.68 Å². The highest BCUT2D eigenvalue weighted by atomic mass is 35.5. The molecule has 0 radical (unpaired) electrons. The van der Waals surface area contributed by atoms with E-state index in [0.29, 0.717) is 22.4 Å². The molecule has 0 unspecified atom stereocenters. The molecule has 0 fully saturated rings. The maximum absolute atomic E-state index is 6.07. The van der Waals surface area contributed by atoms with Crippen molar-refractivity contribution in [2.24, 2.45) is 0 Å². The number of nitrogens with two attached hydrogens (primary N) is 1. The Hall–Kier alpha value is -1.19. The zero-order valence-corrected chi connectivity index (χ0v) is 10.3. The van der Waals surface area contributed by atoms with Crippen LogP contribution in [0, 0.1) is 6.92 Å². The van der Waals surface area contributed by atoms with Crippen LogP contribution in [0.25, 0.3) is 0 Å². The quantitative estimate of drug-likeness (QED) is 0.897. The number of aromatic nitrogens is 2. The fourth-order valence-corrected chi connectivity index (χ4v) is 1.98. The molecule has 1 aromatic carbocycles. The fraction of sp³-hybridized carbons (Fsp3) is 0.182. The van der Waals surface area contributed by atoms with Crippen molar-refractivity contribution in [2.45, 2.75) is 13.5 Å². The molecule has 0 amide bonds. The van der Waals surface area contributed by atoms with Gasteiger partial charge in [-0.2, -0.15) is 5.10 Å². The molecule has 1 heterocycles. The van der Waals surface area contributed by atoms with Crippen molar-refractivity contribution in [1.29, 1.82) is 0 Å². The van der Waals surface area contributed by atoms with Crippen LogP contribution in [0.4, 0.5) is 5.82 Å². The van der Waals surface area contributed by atoms with Gasteiger partial charge in [0.2, 0.25) is 0 Å². The summed E-state index contributed by atoms with van der Waals surface area (Å²) in [5, 5.41) is 5.44. The van der Waals surface area contributed by atoms with E-state index in [0.717, 1.165) is 11.1 Å². The summed E-state index contributed by atoms with van der Waals surface area (Å²) in [5.41, 5.74) is 7.47. The molecular formula is C11H11Cl2N3. The number of hydrogen-bond donors (Lipinski definition) is 1. The summed E-state index contributed by atoms with van der Waals surface area (Å²) in [4.78, 5) is 0. The molecule has 1 aromatic heterocycles. The third kappa shape index (κ3) is 2.15. The van der Waals surface area contributed by atoms with Crippen LogP contribution >= 0.6 is 23.2 Å². The first kappa shape index (κ1) is 11.3. The predicted molar refractivity (Wildman–Crippen MR) is 66.9 cm³/mol. The van der Waals surface area contributed by atoms with Crippen molar-refractivity contribution >= 4 is 29.0 Å². The van der Waals surface area contributed by atoms with Crippen molar-refractivity contribution in [1.82, 2.24) is 9.78 Å². The smallest absolute Gasteiger partial charge is 0.148 e. The molecule has 3 nitrogen and oxygen atoms in total. The van der Waals surface area contributed by atoms with Crippen LogP contribution in [-0.4, -0.2) is 9.78 Å². The summed E-state index contributed by atoms with van der Waals surface area (Å²) in [5.74, 6) is 0.531. The molecule has 0 aliphatic carbocycles. The zero-order chi connectivity index (χ0) is 11.7. The van der Waals surface area contributed by atoms with Gasteiger partial charge in [0.05, 0.1) is 6.54 Å². The van der Waals surface area contributed by atoms with Gasteiger partial charge in [0, 0.05) is 27.4 Å². The van der Waals surface area contributed by atoms with Crippen LogP contribution < -0.4 is 5.73 Å². The number of nitrogen functional groups attached to an aromatic ring is 1. The molecular weight excluding hydrogens is 245 g/mol. The van der Waals surface area contributed by atoms with Crippen molar-refractivity contribution < 1.29 is 0 Å². The minimum atomic E-state index is 0.524. The van der Waals surface area contributed by atoms with E-state index in [1.807, 2.05) is 31.3 Å². The molecule has 2 N–H and O–H groups in total. The summed E-state index contributed by atoms with van der Waals surface area (Å²) >= 11 is 12.1. The summed E-state index contributed by atoms with van der Waals surface area (Å²) in [7, 11) is 0. The first-order valence-corrected chi connectivity index (χ1v) is 5.56. The van der Waals surface area contributed by atoms with Gasteiger partial charge in [0.15, 0.2) is 0 Å². The Morgan fingerprint density at radius 1 is 1.31 bits per heavy atom. The second-order valence-electron chi connectivity index (χ2n) is 3.60. The van der Waals surface area contributed by atoms with Gasteiger partial charge < -0.3 is 5.73 Å². The monoisotopic (exact) mass is 255 g/mol. The topological polar surface area (TPSA) is 43.8 Å². The highest BCUT2D eigenvalue weighted by Gasteiger charge is 2.08. The Kier molecular flexibility index (Phi) is 3.08.